The smallest absolute Gasteiger partial charge is 0.412 e. The van der Waals surface area contributed by atoms with Gasteiger partial charge in [0.2, 0.25) is 0 Å². The van der Waals surface area contributed by atoms with Crippen molar-refractivity contribution in [2.75, 3.05) is 17.2 Å². The summed E-state index contributed by atoms with van der Waals surface area (Å²) in [5, 5.41) is 6.11. The first-order valence-corrected chi connectivity index (χ1v) is 6.56. The molecule has 0 saturated carbocycles. The van der Waals surface area contributed by atoms with Gasteiger partial charge in [0, 0.05) is 23.3 Å². The molecule has 0 atom stereocenters. The summed E-state index contributed by atoms with van der Waals surface area (Å²) in [6.07, 6.45) is -0.426. The highest BCUT2D eigenvalue weighted by Gasteiger charge is 2.29. The number of hydrogen-bond donors (Lipinski definition) is 2. The van der Waals surface area contributed by atoms with E-state index in [1.54, 1.807) is 0 Å². The molecule has 1 aliphatic rings. The topological polar surface area (TPSA) is 50.4 Å². The molecule has 0 radical (unpaired) electrons. The zero-order valence-corrected chi connectivity index (χ0v) is 12.3. The summed E-state index contributed by atoms with van der Waals surface area (Å²) >= 11 is 0. The van der Waals surface area contributed by atoms with E-state index < -0.39 is 11.7 Å². The van der Waals surface area contributed by atoms with Gasteiger partial charge in [-0.1, -0.05) is 19.9 Å². The molecule has 104 valence electrons. The first-order chi connectivity index (χ1) is 8.67. The third kappa shape index (κ3) is 3.19. The third-order valence-electron chi connectivity index (χ3n) is 3.11. The Hall–Kier alpha value is -1.71. The molecule has 19 heavy (non-hydrogen) atoms. The van der Waals surface area contributed by atoms with Crippen LogP contribution in [0.15, 0.2) is 18.2 Å². The minimum Gasteiger partial charge on any atom is -0.444 e. The average molecular weight is 262 g/mol. The third-order valence-corrected chi connectivity index (χ3v) is 3.11. The summed E-state index contributed by atoms with van der Waals surface area (Å²) in [6, 6.07) is 5.92. The van der Waals surface area contributed by atoms with Gasteiger partial charge in [-0.25, -0.2) is 4.79 Å². The fraction of sp³-hybridized carbons (Fsp3) is 0.533. The number of carbonyl (C=O) groups excluding carboxylic acids is 1. The van der Waals surface area contributed by atoms with Crippen molar-refractivity contribution in [3.63, 3.8) is 0 Å². The van der Waals surface area contributed by atoms with Crippen molar-refractivity contribution in [3.05, 3.63) is 23.8 Å². The van der Waals surface area contributed by atoms with Crippen molar-refractivity contribution in [1.82, 2.24) is 0 Å². The summed E-state index contributed by atoms with van der Waals surface area (Å²) < 4.78 is 5.23. The summed E-state index contributed by atoms with van der Waals surface area (Å²) in [4.78, 5) is 11.7. The largest absolute Gasteiger partial charge is 0.444 e. The quantitative estimate of drug-likeness (QED) is 0.810. The molecular weight excluding hydrogens is 240 g/mol. The van der Waals surface area contributed by atoms with E-state index in [2.05, 4.69) is 30.5 Å². The van der Waals surface area contributed by atoms with Crippen molar-refractivity contribution in [3.8, 4) is 0 Å². The van der Waals surface area contributed by atoms with E-state index in [4.69, 9.17) is 4.74 Å². The van der Waals surface area contributed by atoms with Gasteiger partial charge in [0.05, 0.1) is 0 Å². The van der Waals surface area contributed by atoms with Gasteiger partial charge >= 0.3 is 6.09 Å². The van der Waals surface area contributed by atoms with E-state index in [9.17, 15) is 4.79 Å². The molecule has 0 unspecified atom stereocenters. The number of hydrogen-bond acceptors (Lipinski definition) is 3. The van der Waals surface area contributed by atoms with Gasteiger partial charge in [0.25, 0.3) is 0 Å². The van der Waals surface area contributed by atoms with Gasteiger partial charge in [-0.3, -0.25) is 5.32 Å². The summed E-state index contributed by atoms with van der Waals surface area (Å²) in [6.45, 7) is 10.9. The number of amides is 1. The fourth-order valence-electron chi connectivity index (χ4n) is 2.19. The fourth-order valence-corrected chi connectivity index (χ4v) is 2.19. The van der Waals surface area contributed by atoms with Crippen molar-refractivity contribution in [2.45, 2.75) is 45.6 Å². The van der Waals surface area contributed by atoms with E-state index in [0.29, 0.717) is 0 Å². The Morgan fingerprint density at radius 2 is 2.05 bits per heavy atom. The van der Waals surface area contributed by atoms with E-state index in [-0.39, 0.29) is 5.41 Å². The Morgan fingerprint density at radius 1 is 1.37 bits per heavy atom. The predicted molar refractivity (Wildman–Crippen MR) is 77.8 cm³/mol. The molecule has 0 bridgehead atoms. The first-order valence-electron chi connectivity index (χ1n) is 6.56. The lowest BCUT2D eigenvalue weighted by atomic mass is 9.87. The van der Waals surface area contributed by atoms with Gasteiger partial charge in [-0.2, -0.15) is 0 Å². The van der Waals surface area contributed by atoms with Crippen LogP contribution in [0.2, 0.25) is 0 Å². The van der Waals surface area contributed by atoms with Crippen LogP contribution in [-0.4, -0.2) is 18.2 Å². The van der Waals surface area contributed by atoms with Crippen molar-refractivity contribution >= 4 is 17.5 Å². The number of rotatable bonds is 1. The Morgan fingerprint density at radius 3 is 2.68 bits per heavy atom. The van der Waals surface area contributed by atoms with Gasteiger partial charge in [-0.15, -0.1) is 0 Å². The standard InChI is InChI=1S/C15H22N2O2/c1-14(2,3)19-13(18)17-10-6-7-11-12(8-10)16-9-15(11,4)5/h6-8,16H,9H2,1-5H3,(H,17,18). The van der Waals surface area contributed by atoms with Crippen LogP contribution in [0.4, 0.5) is 16.2 Å². The van der Waals surface area contributed by atoms with Crippen LogP contribution in [0.5, 0.6) is 0 Å². The SMILES string of the molecule is CC(C)(C)OC(=O)Nc1ccc2c(c1)NCC2(C)C. The highest BCUT2D eigenvalue weighted by molar-refractivity contribution is 5.86. The van der Waals surface area contributed by atoms with Crippen molar-refractivity contribution in [2.24, 2.45) is 0 Å². The van der Waals surface area contributed by atoms with Gasteiger partial charge in [0.1, 0.15) is 5.60 Å². The van der Waals surface area contributed by atoms with Crippen LogP contribution < -0.4 is 10.6 Å². The molecule has 0 saturated heterocycles. The summed E-state index contributed by atoms with van der Waals surface area (Å²) in [7, 11) is 0. The second kappa shape index (κ2) is 4.44. The molecule has 2 N–H and O–H groups in total. The maximum atomic E-state index is 11.7. The minimum atomic E-state index is -0.485. The number of nitrogens with one attached hydrogen (secondary N) is 2. The zero-order chi connectivity index (χ0) is 14.3. The Balaban J connectivity index is 2.10. The molecule has 1 aromatic carbocycles. The van der Waals surface area contributed by atoms with Crippen LogP contribution in [0.25, 0.3) is 0 Å². The molecule has 1 aliphatic heterocycles. The maximum Gasteiger partial charge on any atom is 0.412 e. The maximum absolute atomic E-state index is 11.7. The van der Waals surface area contributed by atoms with Crippen LogP contribution in [0.1, 0.15) is 40.2 Å². The monoisotopic (exact) mass is 262 g/mol. The highest BCUT2D eigenvalue weighted by Crippen LogP contribution is 2.37. The van der Waals surface area contributed by atoms with Crippen molar-refractivity contribution in [1.29, 1.82) is 0 Å². The number of carbonyl (C=O) groups is 1. The second-order valence-corrected chi connectivity index (χ2v) is 6.62. The molecule has 4 heteroatoms. The Kier molecular flexibility index (Phi) is 3.20. The molecule has 1 aromatic rings. The molecular formula is C15H22N2O2. The lowest BCUT2D eigenvalue weighted by Crippen LogP contribution is -2.27. The van der Waals surface area contributed by atoms with Gasteiger partial charge in [-0.05, 0) is 38.5 Å². The number of benzene rings is 1. The second-order valence-electron chi connectivity index (χ2n) is 6.62. The average Bonchev–Trinajstić information content (AvgIpc) is 2.51. The molecule has 0 spiro atoms. The van der Waals surface area contributed by atoms with E-state index in [1.807, 2.05) is 32.9 Å². The summed E-state index contributed by atoms with van der Waals surface area (Å²) in [5.41, 5.74) is 2.76. The van der Waals surface area contributed by atoms with Crippen LogP contribution in [0.3, 0.4) is 0 Å². The zero-order valence-electron chi connectivity index (χ0n) is 12.3. The molecule has 0 aliphatic carbocycles. The normalized spacial score (nSPS) is 16.5. The molecule has 4 nitrogen and oxygen atoms in total. The summed E-state index contributed by atoms with van der Waals surface area (Å²) in [5.74, 6) is 0. The lowest BCUT2D eigenvalue weighted by molar-refractivity contribution is 0.0636. The molecule has 1 amide bonds. The minimum absolute atomic E-state index is 0.139. The van der Waals surface area contributed by atoms with Crippen LogP contribution in [0, 0.1) is 0 Å². The number of anilines is 2. The van der Waals surface area contributed by atoms with Gasteiger partial charge in [0.15, 0.2) is 0 Å². The number of fused-ring (bicyclic) bond motifs is 1. The van der Waals surface area contributed by atoms with E-state index in [1.165, 1.54) is 5.56 Å². The first kappa shape index (κ1) is 13.7. The van der Waals surface area contributed by atoms with Gasteiger partial charge < -0.3 is 10.1 Å². The highest BCUT2D eigenvalue weighted by atomic mass is 16.6. The molecule has 0 fully saturated rings. The Labute approximate surface area is 114 Å². The molecule has 0 aromatic heterocycles. The van der Waals surface area contributed by atoms with Crippen LogP contribution >= 0.6 is 0 Å². The lowest BCUT2D eigenvalue weighted by Gasteiger charge is -2.20. The van der Waals surface area contributed by atoms with Crippen LogP contribution in [-0.2, 0) is 10.2 Å². The van der Waals surface area contributed by atoms with E-state index in [0.717, 1.165) is 17.9 Å². The predicted octanol–water partition coefficient (Wildman–Crippen LogP) is 3.74. The van der Waals surface area contributed by atoms with Crippen molar-refractivity contribution < 1.29 is 9.53 Å². The van der Waals surface area contributed by atoms with E-state index >= 15 is 0 Å². The Bertz CT molecular complexity index is 501. The molecule has 1 heterocycles. The number of ether oxygens (including phenoxy) is 1. The molecule has 2 rings (SSSR count).